The van der Waals surface area contributed by atoms with Crippen LogP contribution in [0, 0.1) is 0 Å². The molecule has 76 valence electrons. The lowest BCUT2D eigenvalue weighted by Gasteiger charge is -2.02. The predicted octanol–water partition coefficient (Wildman–Crippen LogP) is 2.20. The van der Waals surface area contributed by atoms with Gasteiger partial charge in [0.1, 0.15) is 0 Å². The Hall–Kier alpha value is -0.610. The topological polar surface area (TPSA) is 29.1 Å². The minimum Gasteiger partial charge on any atom is -0.356 e. The first-order chi connectivity index (χ1) is 6.68. The van der Waals surface area contributed by atoms with E-state index in [9.17, 15) is 4.79 Å². The van der Waals surface area contributed by atoms with Crippen LogP contribution in [0.15, 0.2) is 34.1 Å². The van der Waals surface area contributed by atoms with Gasteiger partial charge < -0.3 is 5.32 Å². The van der Waals surface area contributed by atoms with Crippen molar-refractivity contribution in [2.24, 2.45) is 0 Å². The maximum absolute atomic E-state index is 10.6. The van der Waals surface area contributed by atoms with Crippen LogP contribution in [0.1, 0.15) is 6.92 Å². The third-order valence-electron chi connectivity index (χ3n) is 1.56. The predicted molar refractivity (Wildman–Crippen MR) is 63.1 cm³/mol. The first kappa shape index (κ1) is 11.5. The largest absolute Gasteiger partial charge is 0.356 e. The van der Waals surface area contributed by atoms with Gasteiger partial charge in [0.15, 0.2) is 0 Å². The molecule has 0 saturated carbocycles. The molecule has 0 saturated heterocycles. The van der Waals surface area contributed by atoms with Gasteiger partial charge in [0, 0.05) is 29.0 Å². The van der Waals surface area contributed by atoms with Crippen molar-refractivity contribution >= 4 is 30.3 Å². The van der Waals surface area contributed by atoms with E-state index in [-0.39, 0.29) is 5.91 Å². The smallest absolute Gasteiger partial charge is 0.216 e. The highest BCUT2D eigenvalue weighted by Gasteiger charge is 1.95. The third kappa shape index (κ3) is 4.58. The molecule has 0 spiro atoms. The summed E-state index contributed by atoms with van der Waals surface area (Å²) in [5, 5.41) is 2.75. The van der Waals surface area contributed by atoms with Crippen molar-refractivity contribution in [3.05, 3.63) is 24.3 Å². The minimum absolute atomic E-state index is 0.0218. The van der Waals surface area contributed by atoms with E-state index in [1.807, 2.05) is 24.3 Å². The van der Waals surface area contributed by atoms with Crippen LogP contribution < -0.4 is 5.32 Å². The Bertz CT molecular complexity index is 315. The summed E-state index contributed by atoms with van der Waals surface area (Å²) in [6, 6.07) is 7.98. The van der Waals surface area contributed by atoms with Crippen molar-refractivity contribution < 1.29 is 4.79 Å². The van der Waals surface area contributed by atoms with Gasteiger partial charge in [0.2, 0.25) is 5.91 Å². The summed E-state index contributed by atoms with van der Waals surface area (Å²) in [4.78, 5) is 12.7. The van der Waals surface area contributed by atoms with E-state index in [2.05, 4.69) is 17.9 Å². The Labute approximate surface area is 93.9 Å². The molecule has 1 N–H and O–H groups in total. The first-order valence-corrected chi connectivity index (χ1v) is 5.78. The van der Waals surface area contributed by atoms with E-state index in [0.29, 0.717) is 6.54 Å². The van der Waals surface area contributed by atoms with Gasteiger partial charge >= 0.3 is 0 Å². The van der Waals surface area contributed by atoms with Crippen molar-refractivity contribution in [2.75, 3.05) is 12.3 Å². The molecule has 1 aromatic rings. The number of amides is 1. The number of rotatable bonds is 4. The third-order valence-corrected chi connectivity index (χ3v) is 2.84. The van der Waals surface area contributed by atoms with Gasteiger partial charge in [-0.1, -0.05) is 6.07 Å². The summed E-state index contributed by atoms with van der Waals surface area (Å²) in [7, 11) is 0. The van der Waals surface area contributed by atoms with Gasteiger partial charge in [-0.15, -0.1) is 24.4 Å². The molecular formula is C10H13NOS2. The summed E-state index contributed by atoms with van der Waals surface area (Å²) in [5.74, 6) is 0.908. The second-order valence-corrected chi connectivity index (χ2v) is 4.51. The summed E-state index contributed by atoms with van der Waals surface area (Å²) in [6.45, 7) is 2.23. The van der Waals surface area contributed by atoms with Crippen LogP contribution in [0.5, 0.6) is 0 Å². The van der Waals surface area contributed by atoms with Crippen molar-refractivity contribution in [1.29, 1.82) is 0 Å². The van der Waals surface area contributed by atoms with Crippen molar-refractivity contribution in [2.45, 2.75) is 16.7 Å². The minimum atomic E-state index is 0.0218. The number of nitrogens with one attached hydrogen (secondary N) is 1. The van der Waals surface area contributed by atoms with Gasteiger partial charge in [0.05, 0.1) is 0 Å². The second kappa shape index (κ2) is 5.98. The number of carbonyl (C=O) groups excluding carboxylic acids is 1. The molecule has 1 aromatic carbocycles. The molecular weight excluding hydrogens is 214 g/mol. The molecule has 14 heavy (non-hydrogen) atoms. The standard InChI is InChI=1S/C10H13NOS2/c1-8(12)11-5-6-14-10-4-2-3-9(13)7-10/h2-4,7,13H,5-6H2,1H3,(H,11,12). The average molecular weight is 227 g/mol. The van der Waals surface area contributed by atoms with Crippen LogP contribution >= 0.6 is 24.4 Å². The van der Waals surface area contributed by atoms with Crippen LogP contribution in [-0.2, 0) is 4.79 Å². The summed E-state index contributed by atoms with van der Waals surface area (Å²) < 4.78 is 0. The molecule has 0 aromatic heterocycles. The molecule has 1 amide bonds. The summed E-state index contributed by atoms with van der Waals surface area (Å²) in [5.41, 5.74) is 0. The molecule has 0 aliphatic heterocycles. The fourth-order valence-electron chi connectivity index (χ4n) is 0.969. The van der Waals surface area contributed by atoms with Gasteiger partial charge in [-0.05, 0) is 18.2 Å². The summed E-state index contributed by atoms with van der Waals surface area (Å²) >= 11 is 5.96. The molecule has 0 unspecified atom stereocenters. The molecule has 0 aliphatic rings. The molecule has 0 aliphatic carbocycles. The fraction of sp³-hybridized carbons (Fsp3) is 0.300. The number of hydrogen-bond donors (Lipinski definition) is 2. The zero-order valence-corrected chi connectivity index (χ0v) is 9.70. The highest BCUT2D eigenvalue weighted by molar-refractivity contribution is 7.99. The van der Waals surface area contributed by atoms with Crippen LogP contribution in [-0.4, -0.2) is 18.2 Å². The van der Waals surface area contributed by atoms with Crippen LogP contribution in [0.4, 0.5) is 0 Å². The molecule has 0 radical (unpaired) electrons. The van der Waals surface area contributed by atoms with Crippen LogP contribution in [0.25, 0.3) is 0 Å². The van der Waals surface area contributed by atoms with Gasteiger partial charge in [-0.3, -0.25) is 4.79 Å². The van der Waals surface area contributed by atoms with E-state index >= 15 is 0 Å². The fourth-order valence-corrected chi connectivity index (χ4v) is 2.11. The number of thioether (sulfide) groups is 1. The van der Waals surface area contributed by atoms with Gasteiger partial charge in [0.25, 0.3) is 0 Å². The Kier molecular flexibility index (Phi) is 4.90. The number of benzene rings is 1. The maximum atomic E-state index is 10.6. The zero-order valence-electron chi connectivity index (χ0n) is 7.99. The van der Waals surface area contributed by atoms with Gasteiger partial charge in [-0.25, -0.2) is 0 Å². The Morgan fingerprint density at radius 1 is 1.57 bits per heavy atom. The average Bonchev–Trinajstić information content (AvgIpc) is 2.12. The lowest BCUT2D eigenvalue weighted by atomic mass is 10.4. The molecule has 0 atom stereocenters. The lowest BCUT2D eigenvalue weighted by molar-refractivity contribution is -0.118. The highest BCUT2D eigenvalue weighted by Crippen LogP contribution is 2.19. The SMILES string of the molecule is CC(=O)NCCSc1cccc(S)c1. The number of carbonyl (C=O) groups is 1. The Morgan fingerprint density at radius 2 is 2.36 bits per heavy atom. The molecule has 0 fully saturated rings. The van der Waals surface area contributed by atoms with Gasteiger partial charge in [-0.2, -0.15) is 0 Å². The molecule has 0 heterocycles. The molecule has 0 bridgehead atoms. The number of hydrogen-bond acceptors (Lipinski definition) is 3. The molecule has 2 nitrogen and oxygen atoms in total. The monoisotopic (exact) mass is 227 g/mol. The summed E-state index contributed by atoms with van der Waals surface area (Å²) in [6.07, 6.45) is 0. The maximum Gasteiger partial charge on any atom is 0.216 e. The van der Waals surface area contributed by atoms with Crippen molar-refractivity contribution in [1.82, 2.24) is 5.32 Å². The Morgan fingerprint density at radius 3 is 3.00 bits per heavy atom. The van der Waals surface area contributed by atoms with E-state index < -0.39 is 0 Å². The molecule has 4 heteroatoms. The normalized spacial score (nSPS) is 9.86. The van der Waals surface area contributed by atoms with Crippen LogP contribution in [0.3, 0.4) is 0 Å². The molecule has 1 rings (SSSR count). The first-order valence-electron chi connectivity index (χ1n) is 4.35. The Balaban J connectivity index is 2.28. The van der Waals surface area contributed by atoms with E-state index in [4.69, 9.17) is 0 Å². The van der Waals surface area contributed by atoms with Crippen molar-refractivity contribution in [3.63, 3.8) is 0 Å². The lowest BCUT2D eigenvalue weighted by Crippen LogP contribution is -2.22. The quantitative estimate of drug-likeness (QED) is 0.469. The van der Waals surface area contributed by atoms with E-state index in [1.54, 1.807) is 11.8 Å². The number of thiol groups is 1. The van der Waals surface area contributed by atoms with E-state index in [0.717, 1.165) is 10.6 Å². The second-order valence-electron chi connectivity index (χ2n) is 2.83. The highest BCUT2D eigenvalue weighted by atomic mass is 32.2. The van der Waals surface area contributed by atoms with E-state index in [1.165, 1.54) is 11.8 Å². The zero-order chi connectivity index (χ0) is 10.4. The van der Waals surface area contributed by atoms with Crippen molar-refractivity contribution in [3.8, 4) is 0 Å². The van der Waals surface area contributed by atoms with Crippen LogP contribution in [0.2, 0.25) is 0 Å².